The van der Waals surface area contributed by atoms with Gasteiger partial charge in [-0.3, -0.25) is 4.79 Å². The van der Waals surface area contributed by atoms with Gasteiger partial charge in [0.1, 0.15) is 5.75 Å². The number of fused-ring (bicyclic) bond motifs is 1. The van der Waals surface area contributed by atoms with Gasteiger partial charge in [0, 0.05) is 13.1 Å². The molecule has 0 amide bonds. The molecule has 19 heavy (non-hydrogen) atoms. The largest absolute Gasteiger partial charge is 0.497 e. The zero-order valence-electron chi connectivity index (χ0n) is 10.9. The monoisotopic (exact) mass is 346 g/mol. The molecular formula is C12H15BrN2O3S. The summed E-state index contributed by atoms with van der Waals surface area (Å²) in [5, 5.41) is 0.781. The van der Waals surface area contributed by atoms with Gasteiger partial charge in [-0.1, -0.05) is 11.8 Å². The van der Waals surface area contributed by atoms with Gasteiger partial charge in [0.25, 0.3) is 0 Å². The van der Waals surface area contributed by atoms with E-state index in [9.17, 15) is 4.79 Å². The number of thioether (sulfide) groups is 1. The molecule has 1 heterocycles. The van der Waals surface area contributed by atoms with Crippen LogP contribution in [0.2, 0.25) is 0 Å². The number of ether oxygens (including phenoxy) is 2. The van der Waals surface area contributed by atoms with E-state index in [1.54, 1.807) is 7.11 Å². The van der Waals surface area contributed by atoms with Gasteiger partial charge >= 0.3 is 5.97 Å². The van der Waals surface area contributed by atoms with Crippen molar-refractivity contribution in [3.63, 3.8) is 0 Å². The Bertz CT molecular complexity index is 586. The molecule has 104 valence electrons. The lowest BCUT2D eigenvalue weighted by Gasteiger charge is -2.01. The van der Waals surface area contributed by atoms with Gasteiger partial charge in [-0.2, -0.15) is 0 Å². The summed E-state index contributed by atoms with van der Waals surface area (Å²) in [4.78, 5) is 15.6. The molecule has 0 bridgehead atoms. The maximum atomic E-state index is 11.1. The Labute approximate surface area is 126 Å². The van der Waals surface area contributed by atoms with Gasteiger partial charge < -0.3 is 14.0 Å². The number of aromatic nitrogens is 2. The number of carbonyl (C=O) groups is 1. The molecular weight excluding hydrogens is 332 g/mol. The van der Waals surface area contributed by atoms with Crippen molar-refractivity contribution in [3.8, 4) is 5.75 Å². The highest BCUT2D eigenvalue weighted by Crippen LogP contribution is 2.25. The lowest BCUT2D eigenvalue weighted by Crippen LogP contribution is -2.04. The summed E-state index contributed by atoms with van der Waals surface area (Å²) in [6.45, 7) is 0. The van der Waals surface area contributed by atoms with Crippen LogP contribution in [0.25, 0.3) is 11.0 Å². The minimum absolute atomic E-state index is 0. The summed E-state index contributed by atoms with van der Waals surface area (Å²) in [5.74, 6) is 0.764. The fraction of sp³-hybridized carbons (Fsp3) is 0.333. The Hall–Kier alpha value is -1.21. The van der Waals surface area contributed by atoms with E-state index in [2.05, 4.69) is 9.72 Å². The fourth-order valence-corrected chi connectivity index (χ4v) is 2.42. The molecule has 0 aliphatic carbocycles. The van der Waals surface area contributed by atoms with E-state index in [0.717, 1.165) is 21.9 Å². The van der Waals surface area contributed by atoms with Crippen molar-refractivity contribution in [1.29, 1.82) is 0 Å². The number of esters is 1. The standard InChI is InChI=1S/C12H14N2O3S.BrH/c1-14-10-5-4-8(16-2)6-9(10)13-12(14)18-7-11(15)17-3;/h4-6H,7H2,1-3H3;1H. The highest BCUT2D eigenvalue weighted by Gasteiger charge is 2.11. The first-order valence-electron chi connectivity index (χ1n) is 5.35. The van der Waals surface area contributed by atoms with Crippen molar-refractivity contribution >= 4 is 45.7 Å². The van der Waals surface area contributed by atoms with Crippen LogP contribution in [0.15, 0.2) is 23.4 Å². The van der Waals surface area contributed by atoms with Gasteiger partial charge in [-0.05, 0) is 12.1 Å². The molecule has 0 spiro atoms. The highest BCUT2D eigenvalue weighted by molar-refractivity contribution is 8.93. The highest BCUT2D eigenvalue weighted by atomic mass is 79.9. The van der Waals surface area contributed by atoms with Gasteiger partial charge in [0.05, 0.1) is 31.0 Å². The van der Waals surface area contributed by atoms with Gasteiger partial charge in [-0.25, -0.2) is 4.98 Å². The molecule has 0 saturated carbocycles. The summed E-state index contributed by atoms with van der Waals surface area (Å²) in [7, 11) is 4.92. The number of methoxy groups -OCH3 is 2. The average Bonchev–Trinajstić information content (AvgIpc) is 2.72. The van der Waals surface area contributed by atoms with Gasteiger partial charge in [-0.15, -0.1) is 17.0 Å². The first kappa shape index (κ1) is 15.8. The van der Waals surface area contributed by atoms with Crippen molar-refractivity contribution in [2.45, 2.75) is 5.16 Å². The number of hydrogen-bond acceptors (Lipinski definition) is 5. The van der Waals surface area contributed by atoms with Crippen molar-refractivity contribution in [2.75, 3.05) is 20.0 Å². The van der Waals surface area contributed by atoms with Crippen molar-refractivity contribution in [3.05, 3.63) is 18.2 Å². The fourth-order valence-electron chi connectivity index (χ4n) is 1.60. The van der Waals surface area contributed by atoms with E-state index >= 15 is 0 Å². The van der Waals surface area contributed by atoms with Crippen LogP contribution in [-0.4, -0.2) is 35.5 Å². The van der Waals surface area contributed by atoms with E-state index in [4.69, 9.17) is 4.74 Å². The number of carbonyl (C=O) groups excluding carboxylic acids is 1. The number of aryl methyl sites for hydroxylation is 1. The normalized spacial score (nSPS) is 10.1. The van der Waals surface area contributed by atoms with E-state index in [0.29, 0.717) is 0 Å². The third-order valence-electron chi connectivity index (χ3n) is 2.59. The van der Waals surface area contributed by atoms with Crippen LogP contribution in [-0.2, 0) is 16.6 Å². The summed E-state index contributed by atoms with van der Waals surface area (Å²) >= 11 is 1.36. The zero-order chi connectivity index (χ0) is 13.1. The Morgan fingerprint density at radius 2 is 2.16 bits per heavy atom. The molecule has 0 fully saturated rings. The Kier molecular flexibility index (Phi) is 5.68. The Balaban J connectivity index is 0.00000180. The molecule has 2 rings (SSSR count). The predicted molar refractivity (Wildman–Crippen MR) is 80.3 cm³/mol. The molecule has 0 radical (unpaired) electrons. The van der Waals surface area contributed by atoms with Crippen molar-refractivity contribution < 1.29 is 14.3 Å². The molecule has 0 aliphatic rings. The van der Waals surface area contributed by atoms with Crippen molar-refractivity contribution in [2.24, 2.45) is 7.05 Å². The SMILES string of the molecule is Br.COC(=O)CSc1nc2cc(OC)ccc2n1C. The minimum atomic E-state index is -0.260. The predicted octanol–water partition coefficient (Wildman–Crippen LogP) is 2.42. The van der Waals surface area contributed by atoms with E-state index in [1.165, 1.54) is 18.9 Å². The van der Waals surface area contributed by atoms with Crippen LogP contribution in [0.4, 0.5) is 0 Å². The molecule has 2 aromatic rings. The molecule has 0 unspecified atom stereocenters. The Morgan fingerprint density at radius 3 is 2.79 bits per heavy atom. The van der Waals surface area contributed by atoms with E-state index in [-0.39, 0.29) is 28.7 Å². The topological polar surface area (TPSA) is 53.4 Å². The quantitative estimate of drug-likeness (QED) is 0.628. The molecule has 5 nitrogen and oxygen atoms in total. The Morgan fingerprint density at radius 1 is 1.42 bits per heavy atom. The number of nitrogens with zero attached hydrogens (tertiary/aromatic N) is 2. The summed E-state index contributed by atoms with van der Waals surface area (Å²) in [5.41, 5.74) is 1.85. The van der Waals surface area contributed by atoms with Crippen LogP contribution in [0.3, 0.4) is 0 Å². The van der Waals surface area contributed by atoms with Crippen LogP contribution in [0.1, 0.15) is 0 Å². The lowest BCUT2D eigenvalue weighted by atomic mass is 10.3. The van der Waals surface area contributed by atoms with E-state index < -0.39 is 0 Å². The maximum Gasteiger partial charge on any atom is 0.316 e. The lowest BCUT2D eigenvalue weighted by molar-refractivity contribution is -0.137. The van der Waals surface area contributed by atoms with Crippen LogP contribution in [0.5, 0.6) is 5.75 Å². The number of rotatable bonds is 4. The summed E-state index contributed by atoms with van der Waals surface area (Å²) in [6.07, 6.45) is 0. The van der Waals surface area contributed by atoms with E-state index in [1.807, 2.05) is 29.8 Å². The molecule has 1 aromatic carbocycles. The third-order valence-corrected chi connectivity index (χ3v) is 3.60. The second-order valence-corrected chi connectivity index (χ2v) is 4.62. The molecule has 0 aliphatic heterocycles. The summed E-state index contributed by atoms with van der Waals surface area (Å²) < 4.78 is 11.7. The minimum Gasteiger partial charge on any atom is -0.497 e. The van der Waals surface area contributed by atoms with Crippen molar-refractivity contribution in [1.82, 2.24) is 9.55 Å². The first-order valence-corrected chi connectivity index (χ1v) is 6.34. The zero-order valence-corrected chi connectivity index (χ0v) is 13.4. The smallest absolute Gasteiger partial charge is 0.316 e. The van der Waals surface area contributed by atoms with Gasteiger partial charge in [0.15, 0.2) is 5.16 Å². The second kappa shape index (κ2) is 6.81. The number of benzene rings is 1. The number of hydrogen-bond donors (Lipinski definition) is 0. The molecule has 1 aromatic heterocycles. The molecule has 0 saturated heterocycles. The molecule has 0 atom stereocenters. The average molecular weight is 347 g/mol. The summed E-state index contributed by atoms with van der Waals surface area (Å²) in [6, 6.07) is 5.71. The van der Waals surface area contributed by atoms with Crippen LogP contribution in [0, 0.1) is 0 Å². The van der Waals surface area contributed by atoms with Crippen LogP contribution < -0.4 is 4.74 Å². The third kappa shape index (κ3) is 3.42. The maximum absolute atomic E-state index is 11.1. The molecule has 0 N–H and O–H groups in total. The van der Waals surface area contributed by atoms with Gasteiger partial charge in [0.2, 0.25) is 0 Å². The number of halogens is 1. The number of imidazole rings is 1. The second-order valence-electron chi connectivity index (χ2n) is 3.67. The van der Waals surface area contributed by atoms with Crippen LogP contribution >= 0.6 is 28.7 Å². The molecule has 7 heteroatoms. The first-order chi connectivity index (χ1) is 8.65.